The van der Waals surface area contributed by atoms with E-state index in [9.17, 15) is 27.9 Å². The number of nitrogens with zero attached hydrogens (tertiary/aromatic N) is 3. The number of rotatable bonds is 8. The van der Waals surface area contributed by atoms with Gasteiger partial charge in [-0.15, -0.1) is 22.0 Å². The summed E-state index contributed by atoms with van der Waals surface area (Å²) in [6, 6.07) is 1.78. The summed E-state index contributed by atoms with van der Waals surface area (Å²) < 4.78 is 30.2. The van der Waals surface area contributed by atoms with Crippen LogP contribution in [0.4, 0.5) is 0 Å². The lowest BCUT2D eigenvalue weighted by molar-refractivity contribution is -0.150. The molecule has 176 valence electrons. The van der Waals surface area contributed by atoms with Gasteiger partial charge in [0.1, 0.15) is 27.9 Å². The Morgan fingerprint density at radius 3 is 2.76 bits per heavy atom. The number of carboxylic acid groups (broad SMARTS) is 1. The van der Waals surface area contributed by atoms with Crippen LogP contribution in [0, 0.1) is 6.92 Å². The summed E-state index contributed by atoms with van der Waals surface area (Å²) in [6.45, 7) is 1.82. The Balaban J connectivity index is 1.51. The molecule has 0 aromatic carbocycles. The Labute approximate surface area is 200 Å². The highest BCUT2D eigenvalue weighted by Crippen LogP contribution is 2.42. The van der Waals surface area contributed by atoms with Gasteiger partial charge in [-0.2, -0.15) is 0 Å². The molecule has 33 heavy (non-hydrogen) atoms. The number of β-lactam (4-membered cyclic amide) rings is 1. The predicted octanol–water partition coefficient (Wildman–Crippen LogP) is 1.06. The highest BCUT2D eigenvalue weighted by atomic mass is 32.2. The van der Waals surface area contributed by atoms with E-state index < -0.39 is 44.3 Å². The largest absolute Gasteiger partial charge is 0.477 e. The van der Waals surface area contributed by atoms with Crippen molar-refractivity contribution < 1.29 is 32.3 Å². The zero-order valence-corrected chi connectivity index (χ0v) is 20.5. The Kier molecular flexibility index (Phi) is 6.57. The second kappa shape index (κ2) is 9.12. The predicted molar refractivity (Wildman–Crippen MR) is 121 cm³/mol. The molecule has 1 fully saturated rings. The molecule has 4 heterocycles. The molecular formula is C18H18N4O7S4. The van der Waals surface area contributed by atoms with Crippen molar-refractivity contribution in [2.75, 3.05) is 17.8 Å². The van der Waals surface area contributed by atoms with Gasteiger partial charge in [0.2, 0.25) is 5.91 Å². The highest BCUT2D eigenvalue weighted by molar-refractivity contribution is 8.01. The van der Waals surface area contributed by atoms with E-state index in [1.807, 2.05) is 6.92 Å². The molecule has 2 aliphatic rings. The van der Waals surface area contributed by atoms with Crippen LogP contribution in [-0.2, 0) is 24.2 Å². The third kappa shape index (κ3) is 4.67. The van der Waals surface area contributed by atoms with Gasteiger partial charge >= 0.3 is 5.97 Å². The van der Waals surface area contributed by atoms with Crippen LogP contribution in [0.1, 0.15) is 16.0 Å². The molecule has 11 nitrogen and oxygen atoms in total. The Bertz CT molecular complexity index is 1240. The highest BCUT2D eigenvalue weighted by Gasteiger charge is 2.55. The van der Waals surface area contributed by atoms with Crippen molar-refractivity contribution in [3.8, 4) is 0 Å². The van der Waals surface area contributed by atoms with E-state index in [0.717, 1.165) is 16.2 Å². The van der Waals surface area contributed by atoms with Gasteiger partial charge in [0.25, 0.3) is 5.91 Å². The summed E-state index contributed by atoms with van der Waals surface area (Å²) >= 11 is 4.03. The normalized spacial score (nSPS) is 21.4. The van der Waals surface area contributed by atoms with Crippen LogP contribution in [0.5, 0.6) is 0 Å². The smallest absolute Gasteiger partial charge is 0.352 e. The minimum Gasteiger partial charge on any atom is -0.477 e. The molecular weight excluding hydrogens is 512 g/mol. The molecule has 15 heteroatoms. The molecule has 4 rings (SSSR count). The third-order valence-corrected chi connectivity index (χ3v) is 9.59. The van der Waals surface area contributed by atoms with Crippen molar-refractivity contribution in [3.05, 3.63) is 40.4 Å². The van der Waals surface area contributed by atoms with Crippen LogP contribution in [0.25, 0.3) is 0 Å². The minimum absolute atomic E-state index is 0.0627. The lowest BCUT2D eigenvalue weighted by atomic mass is 10.0. The van der Waals surface area contributed by atoms with Crippen molar-refractivity contribution >= 4 is 62.5 Å². The molecule has 2 aromatic heterocycles. The number of carboxylic acids is 1. The maximum absolute atomic E-state index is 12.8. The van der Waals surface area contributed by atoms with Gasteiger partial charge in [-0.1, -0.05) is 23.1 Å². The molecule has 0 saturated carbocycles. The molecule has 0 bridgehead atoms. The number of thioether (sulfide) groups is 2. The number of aryl methyl sites for hydroxylation is 1. The van der Waals surface area contributed by atoms with Crippen molar-refractivity contribution in [2.45, 2.75) is 27.9 Å². The Hall–Kier alpha value is -2.36. The maximum Gasteiger partial charge on any atom is 0.352 e. The summed E-state index contributed by atoms with van der Waals surface area (Å²) in [5, 5.41) is 18.7. The van der Waals surface area contributed by atoms with E-state index in [4.69, 9.17) is 4.42 Å². The summed E-state index contributed by atoms with van der Waals surface area (Å²) in [6.07, 6.45) is 2.15. The first-order valence-electron chi connectivity index (χ1n) is 9.43. The van der Waals surface area contributed by atoms with Gasteiger partial charge < -0.3 is 14.8 Å². The Morgan fingerprint density at radius 1 is 1.42 bits per heavy atom. The van der Waals surface area contributed by atoms with Gasteiger partial charge in [0.15, 0.2) is 19.4 Å². The second-order valence-electron chi connectivity index (χ2n) is 7.25. The second-order valence-corrected chi connectivity index (χ2v) is 12.9. The Morgan fingerprint density at radius 2 is 2.18 bits per heavy atom. The average Bonchev–Trinajstić information content (AvgIpc) is 3.40. The van der Waals surface area contributed by atoms with Crippen molar-refractivity contribution in [2.24, 2.45) is 0 Å². The van der Waals surface area contributed by atoms with Gasteiger partial charge in [-0.3, -0.25) is 14.5 Å². The first-order valence-corrected chi connectivity index (χ1v) is 14.2. The molecule has 2 aliphatic heterocycles. The van der Waals surface area contributed by atoms with Crippen molar-refractivity contribution in [3.63, 3.8) is 0 Å². The molecule has 0 spiro atoms. The monoisotopic (exact) mass is 530 g/mol. The number of amides is 2. The number of carbonyl (C=O) groups is 3. The number of carbonyl (C=O) groups excluding carboxylic acids is 2. The SMILES string of the molecule is Cc1nnc(SCC2=C(C(=O)O)N3C(=O)C(NC(=O)C(c4ccco4)S(C)(=O)=O)[C@@H]3SC2)s1. The quantitative estimate of drug-likeness (QED) is 0.371. The minimum atomic E-state index is -3.88. The van der Waals surface area contributed by atoms with E-state index in [1.165, 1.54) is 53.3 Å². The number of furan rings is 1. The fraction of sp³-hybridized carbons (Fsp3) is 0.389. The zero-order valence-electron chi connectivity index (χ0n) is 17.2. The van der Waals surface area contributed by atoms with Crippen LogP contribution in [0.2, 0.25) is 0 Å². The molecule has 1 saturated heterocycles. The number of aromatic nitrogens is 2. The lowest BCUT2D eigenvalue weighted by Gasteiger charge is -2.49. The zero-order chi connectivity index (χ0) is 23.9. The molecule has 2 amide bonds. The number of aliphatic carboxylic acids is 1. The first kappa shape index (κ1) is 23.8. The van der Waals surface area contributed by atoms with E-state index in [2.05, 4.69) is 15.5 Å². The van der Waals surface area contributed by atoms with Gasteiger partial charge in [-0.05, 0) is 24.6 Å². The summed E-state index contributed by atoms with van der Waals surface area (Å²) in [5.74, 6) is -2.16. The van der Waals surface area contributed by atoms with E-state index in [1.54, 1.807) is 0 Å². The molecule has 3 atom stereocenters. The van der Waals surface area contributed by atoms with Gasteiger partial charge in [-0.25, -0.2) is 13.2 Å². The topological polar surface area (TPSA) is 160 Å². The molecule has 2 aromatic rings. The first-order chi connectivity index (χ1) is 15.6. The standard InChI is InChI=1S/C18H18N4O7S4/c1-8-20-21-18(32-8)31-7-9-6-30-16-11(15(24)22(16)12(9)17(25)26)19-14(23)13(33(2,27)28)10-4-3-5-29-10/h3-5,11,13,16H,6-7H2,1-2H3,(H,19,23)(H,25,26)/t11?,13?,16-/m0/s1. The average molecular weight is 531 g/mol. The van der Waals surface area contributed by atoms with Crippen LogP contribution in [-0.4, -0.2) is 75.6 Å². The maximum atomic E-state index is 12.8. The number of hydrogen-bond donors (Lipinski definition) is 2. The molecule has 0 radical (unpaired) electrons. The van der Waals surface area contributed by atoms with Crippen molar-refractivity contribution in [1.29, 1.82) is 0 Å². The van der Waals surface area contributed by atoms with E-state index in [-0.39, 0.29) is 11.5 Å². The lowest BCUT2D eigenvalue weighted by Crippen LogP contribution is -2.71. The summed E-state index contributed by atoms with van der Waals surface area (Å²) in [7, 11) is -3.88. The fourth-order valence-electron chi connectivity index (χ4n) is 3.48. The van der Waals surface area contributed by atoms with E-state index >= 15 is 0 Å². The van der Waals surface area contributed by atoms with Gasteiger partial charge in [0.05, 0.1) is 6.26 Å². The van der Waals surface area contributed by atoms with Gasteiger partial charge in [0, 0.05) is 17.8 Å². The third-order valence-electron chi connectivity index (χ3n) is 4.89. The number of fused-ring (bicyclic) bond motifs is 1. The van der Waals surface area contributed by atoms with E-state index in [0.29, 0.717) is 21.4 Å². The van der Waals surface area contributed by atoms with Crippen LogP contribution in [0.15, 0.2) is 38.4 Å². The number of hydrogen-bond acceptors (Lipinski definition) is 11. The fourth-order valence-corrected chi connectivity index (χ4v) is 7.80. The molecule has 0 aliphatic carbocycles. The molecule has 2 N–H and O–H groups in total. The summed E-state index contributed by atoms with van der Waals surface area (Å²) in [4.78, 5) is 38.7. The summed E-state index contributed by atoms with van der Waals surface area (Å²) in [5.41, 5.74) is 0.443. The van der Waals surface area contributed by atoms with Crippen molar-refractivity contribution in [1.82, 2.24) is 20.4 Å². The van der Waals surface area contributed by atoms with Crippen LogP contribution >= 0.6 is 34.9 Å². The molecule has 2 unspecified atom stereocenters. The number of nitrogens with one attached hydrogen (secondary N) is 1. The van der Waals surface area contributed by atoms with Crippen LogP contribution in [0.3, 0.4) is 0 Å². The van der Waals surface area contributed by atoms with Crippen LogP contribution < -0.4 is 5.32 Å². The number of sulfone groups is 1.